The summed E-state index contributed by atoms with van der Waals surface area (Å²) in [7, 11) is 2.13. The van der Waals surface area contributed by atoms with Gasteiger partial charge in [0.1, 0.15) is 0 Å². The molecule has 18 heavy (non-hydrogen) atoms. The van der Waals surface area contributed by atoms with Gasteiger partial charge in [-0.25, -0.2) is 0 Å². The van der Waals surface area contributed by atoms with Crippen LogP contribution in [0, 0.1) is 0 Å². The van der Waals surface area contributed by atoms with Crippen molar-refractivity contribution in [2.24, 2.45) is 0 Å². The van der Waals surface area contributed by atoms with Crippen LogP contribution in [0.4, 0.5) is 0 Å². The lowest BCUT2D eigenvalue weighted by atomic mass is 10.1. The second-order valence-corrected chi connectivity index (χ2v) is 5.43. The molecular formula is C14H28N2OS. The molecule has 0 atom stereocenters. The lowest BCUT2D eigenvalue weighted by Gasteiger charge is -2.29. The van der Waals surface area contributed by atoms with Crippen LogP contribution < -0.4 is 5.32 Å². The summed E-state index contributed by atoms with van der Waals surface area (Å²) in [4.78, 5) is 2.27. The smallest absolute Gasteiger partial charge is 0.168 e. The van der Waals surface area contributed by atoms with Gasteiger partial charge >= 0.3 is 0 Å². The molecule has 0 amide bonds. The van der Waals surface area contributed by atoms with E-state index in [0.29, 0.717) is 6.04 Å². The summed E-state index contributed by atoms with van der Waals surface area (Å²) in [5.41, 5.74) is 0. The zero-order valence-corrected chi connectivity index (χ0v) is 12.7. The number of nitrogens with one attached hydrogen (secondary N) is 1. The van der Waals surface area contributed by atoms with Crippen LogP contribution >= 0.6 is 12.2 Å². The Balaban J connectivity index is 2.18. The number of thiocarbonyl (C=S) groups is 1. The minimum Gasteiger partial charge on any atom is -0.382 e. The van der Waals surface area contributed by atoms with Gasteiger partial charge in [-0.1, -0.05) is 25.7 Å². The third-order valence-electron chi connectivity index (χ3n) is 3.64. The van der Waals surface area contributed by atoms with E-state index in [2.05, 4.69) is 17.3 Å². The lowest BCUT2D eigenvalue weighted by Crippen LogP contribution is -2.43. The van der Waals surface area contributed by atoms with Crippen molar-refractivity contribution in [1.82, 2.24) is 10.2 Å². The van der Waals surface area contributed by atoms with Gasteiger partial charge in [-0.2, -0.15) is 0 Å². The van der Waals surface area contributed by atoms with E-state index in [1.807, 2.05) is 6.92 Å². The largest absolute Gasteiger partial charge is 0.382 e. The Morgan fingerprint density at radius 3 is 2.56 bits per heavy atom. The van der Waals surface area contributed by atoms with E-state index in [9.17, 15) is 0 Å². The topological polar surface area (TPSA) is 24.5 Å². The van der Waals surface area contributed by atoms with Gasteiger partial charge in [0, 0.05) is 32.8 Å². The first-order chi connectivity index (χ1) is 8.75. The molecule has 0 aliphatic heterocycles. The molecule has 1 saturated carbocycles. The van der Waals surface area contributed by atoms with Crippen molar-refractivity contribution < 1.29 is 4.74 Å². The lowest BCUT2D eigenvalue weighted by molar-refractivity contribution is 0.145. The monoisotopic (exact) mass is 272 g/mol. The molecule has 1 aliphatic carbocycles. The Labute approximate surface area is 117 Å². The highest BCUT2D eigenvalue weighted by atomic mass is 32.1. The minimum absolute atomic E-state index is 0.638. The summed E-state index contributed by atoms with van der Waals surface area (Å²) in [5, 5.41) is 4.24. The molecule has 4 heteroatoms. The van der Waals surface area contributed by atoms with Crippen molar-refractivity contribution in [3.8, 4) is 0 Å². The number of rotatable bonds is 6. The average molecular weight is 272 g/mol. The predicted molar refractivity (Wildman–Crippen MR) is 81.0 cm³/mol. The molecule has 0 aromatic rings. The van der Waals surface area contributed by atoms with Crippen molar-refractivity contribution in [3.05, 3.63) is 0 Å². The second kappa shape index (κ2) is 9.56. The first kappa shape index (κ1) is 15.7. The van der Waals surface area contributed by atoms with E-state index < -0.39 is 0 Å². The molecule has 3 nitrogen and oxygen atoms in total. The van der Waals surface area contributed by atoms with Crippen molar-refractivity contribution in [2.45, 2.75) is 57.9 Å². The van der Waals surface area contributed by atoms with Crippen LogP contribution in [0.15, 0.2) is 0 Å². The molecule has 0 aromatic heterocycles. The Morgan fingerprint density at radius 2 is 1.94 bits per heavy atom. The van der Waals surface area contributed by atoms with Gasteiger partial charge < -0.3 is 15.0 Å². The molecule has 1 aliphatic rings. The van der Waals surface area contributed by atoms with E-state index in [1.165, 1.54) is 38.5 Å². The summed E-state index contributed by atoms with van der Waals surface area (Å²) >= 11 is 5.45. The summed E-state index contributed by atoms with van der Waals surface area (Å²) < 4.78 is 5.31. The normalized spacial score (nSPS) is 17.2. The van der Waals surface area contributed by atoms with Gasteiger partial charge in [0.25, 0.3) is 0 Å². The van der Waals surface area contributed by atoms with E-state index in [-0.39, 0.29) is 0 Å². The van der Waals surface area contributed by atoms with E-state index in [1.54, 1.807) is 0 Å². The summed E-state index contributed by atoms with van der Waals surface area (Å²) in [6, 6.07) is 0.638. The number of ether oxygens (including phenoxy) is 1. The molecule has 0 heterocycles. The molecule has 1 N–H and O–H groups in total. The van der Waals surface area contributed by atoms with Crippen LogP contribution in [-0.4, -0.2) is 42.9 Å². The summed E-state index contributed by atoms with van der Waals surface area (Å²) in [6.45, 7) is 4.56. The number of hydrogen-bond donors (Lipinski definition) is 1. The predicted octanol–water partition coefficient (Wildman–Crippen LogP) is 2.94. The Kier molecular flexibility index (Phi) is 8.34. The summed E-state index contributed by atoms with van der Waals surface area (Å²) in [5.74, 6) is 0. The maximum atomic E-state index is 5.45. The van der Waals surface area contributed by atoms with Crippen LogP contribution in [0.5, 0.6) is 0 Å². The van der Waals surface area contributed by atoms with Gasteiger partial charge in [0.2, 0.25) is 0 Å². The third-order valence-corrected chi connectivity index (χ3v) is 4.07. The molecule has 0 bridgehead atoms. The first-order valence-corrected chi connectivity index (χ1v) is 7.75. The van der Waals surface area contributed by atoms with Crippen LogP contribution in [0.3, 0.4) is 0 Å². The van der Waals surface area contributed by atoms with Gasteiger partial charge in [-0.3, -0.25) is 0 Å². The Hall–Kier alpha value is -0.350. The Bertz CT molecular complexity index is 228. The highest BCUT2D eigenvalue weighted by Crippen LogP contribution is 2.20. The van der Waals surface area contributed by atoms with Crippen molar-refractivity contribution in [2.75, 3.05) is 26.8 Å². The maximum Gasteiger partial charge on any atom is 0.168 e. The molecule has 0 saturated heterocycles. The van der Waals surface area contributed by atoms with Crippen LogP contribution in [0.1, 0.15) is 51.9 Å². The molecule has 0 aromatic carbocycles. The fourth-order valence-corrected chi connectivity index (χ4v) is 2.70. The van der Waals surface area contributed by atoms with E-state index in [4.69, 9.17) is 17.0 Å². The van der Waals surface area contributed by atoms with Gasteiger partial charge in [0.05, 0.1) is 0 Å². The average Bonchev–Trinajstić information content (AvgIpc) is 2.66. The molecular weight excluding hydrogens is 244 g/mol. The van der Waals surface area contributed by atoms with Crippen LogP contribution in [-0.2, 0) is 4.74 Å². The number of hydrogen-bond acceptors (Lipinski definition) is 2. The highest BCUT2D eigenvalue weighted by molar-refractivity contribution is 7.80. The standard InChI is InChI=1S/C14H28N2OS/c1-3-17-12-8-11-15-14(18)16(2)13-9-6-4-5-7-10-13/h13H,3-12H2,1-2H3,(H,15,18). The van der Waals surface area contributed by atoms with E-state index in [0.717, 1.165) is 31.3 Å². The molecule has 0 radical (unpaired) electrons. The SMILES string of the molecule is CCOCCCNC(=S)N(C)C1CCCCCC1. The van der Waals surface area contributed by atoms with Crippen molar-refractivity contribution >= 4 is 17.3 Å². The minimum atomic E-state index is 0.638. The highest BCUT2D eigenvalue weighted by Gasteiger charge is 2.18. The van der Waals surface area contributed by atoms with Gasteiger partial charge in [0.15, 0.2) is 5.11 Å². The molecule has 0 unspecified atom stereocenters. The first-order valence-electron chi connectivity index (χ1n) is 7.34. The molecule has 106 valence electrons. The second-order valence-electron chi connectivity index (χ2n) is 5.04. The molecule has 0 spiro atoms. The van der Waals surface area contributed by atoms with E-state index >= 15 is 0 Å². The zero-order valence-electron chi connectivity index (χ0n) is 11.9. The third kappa shape index (κ3) is 6.01. The zero-order chi connectivity index (χ0) is 13.2. The van der Waals surface area contributed by atoms with Crippen LogP contribution in [0.2, 0.25) is 0 Å². The number of nitrogens with zero attached hydrogens (tertiary/aromatic N) is 1. The summed E-state index contributed by atoms with van der Waals surface area (Å²) in [6.07, 6.45) is 9.07. The quantitative estimate of drug-likeness (QED) is 0.456. The van der Waals surface area contributed by atoms with Crippen LogP contribution in [0.25, 0.3) is 0 Å². The Morgan fingerprint density at radius 1 is 1.28 bits per heavy atom. The van der Waals surface area contributed by atoms with Crippen molar-refractivity contribution in [3.63, 3.8) is 0 Å². The van der Waals surface area contributed by atoms with Gasteiger partial charge in [-0.05, 0) is 38.4 Å². The van der Waals surface area contributed by atoms with Gasteiger partial charge in [-0.15, -0.1) is 0 Å². The fourth-order valence-electron chi connectivity index (χ4n) is 2.45. The maximum absolute atomic E-state index is 5.45. The fraction of sp³-hybridized carbons (Fsp3) is 0.929. The molecule has 1 rings (SSSR count). The van der Waals surface area contributed by atoms with Crippen molar-refractivity contribution in [1.29, 1.82) is 0 Å². The molecule has 1 fully saturated rings.